The molecule has 0 saturated carbocycles. The molecular formula is C16H18ClF14NO. The molecule has 0 unspecified atom stereocenters. The van der Waals surface area contributed by atoms with Crippen molar-refractivity contribution < 1.29 is 66.3 Å². The molecular weight excluding hydrogens is 524 g/mol. The van der Waals surface area contributed by atoms with Gasteiger partial charge in [0, 0.05) is 13.1 Å². The number of unbranched alkanes of at least 4 members (excludes halogenated alkanes) is 2. The molecule has 0 spiro atoms. The van der Waals surface area contributed by atoms with Crippen LogP contribution >= 0.6 is 11.6 Å². The lowest BCUT2D eigenvalue weighted by atomic mass is 9.90. The van der Waals surface area contributed by atoms with Gasteiger partial charge in [-0.1, -0.05) is 26.7 Å². The Balaban J connectivity index is 6.53. The van der Waals surface area contributed by atoms with Crippen molar-refractivity contribution in [2.24, 2.45) is 0 Å². The maximum absolute atomic E-state index is 14.1. The van der Waals surface area contributed by atoms with Gasteiger partial charge in [-0.3, -0.25) is 4.79 Å². The number of amides is 1. The second-order valence-electron chi connectivity index (χ2n) is 6.94. The van der Waals surface area contributed by atoms with Crippen LogP contribution < -0.4 is 0 Å². The second kappa shape index (κ2) is 9.80. The number of carbonyl (C=O) groups is 1. The molecule has 2 nitrogen and oxygen atoms in total. The average molecular weight is 542 g/mol. The number of carbonyl (C=O) groups excluding carboxylic acids is 1. The third kappa shape index (κ3) is 5.09. The molecule has 0 fully saturated rings. The summed E-state index contributed by atoms with van der Waals surface area (Å²) in [4.78, 5) is 11.7. The summed E-state index contributed by atoms with van der Waals surface area (Å²) < 4.78 is 188. The zero-order valence-electron chi connectivity index (χ0n) is 16.8. The molecule has 0 N–H and O–H groups in total. The van der Waals surface area contributed by atoms with E-state index in [-0.39, 0.29) is 30.6 Å². The molecule has 17 heteroatoms. The average Bonchev–Trinajstić information content (AvgIpc) is 2.65. The van der Waals surface area contributed by atoms with Crippen LogP contribution in [0.1, 0.15) is 39.5 Å². The first-order chi connectivity index (χ1) is 14.4. The topological polar surface area (TPSA) is 20.3 Å². The molecule has 0 saturated heterocycles. The molecule has 33 heavy (non-hydrogen) atoms. The van der Waals surface area contributed by atoms with Crippen LogP contribution in [0.4, 0.5) is 61.5 Å². The van der Waals surface area contributed by atoms with E-state index in [0.29, 0.717) is 0 Å². The van der Waals surface area contributed by atoms with Crippen molar-refractivity contribution in [3.8, 4) is 0 Å². The van der Waals surface area contributed by atoms with Crippen LogP contribution in [0.2, 0.25) is 0 Å². The largest absolute Gasteiger partial charge is 0.393 e. The lowest BCUT2D eigenvalue weighted by Gasteiger charge is -2.42. The van der Waals surface area contributed by atoms with Crippen molar-refractivity contribution in [1.29, 1.82) is 0 Å². The van der Waals surface area contributed by atoms with Crippen LogP contribution in [0.25, 0.3) is 0 Å². The van der Waals surface area contributed by atoms with Crippen LogP contribution in [0.3, 0.4) is 0 Å². The van der Waals surface area contributed by atoms with Crippen LogP contribution in [-0.4, -0.2) is 64.8 Å². The van der Waals surface area contributed by atoms with Gasteiger partial charge < -0.3 is 4.90 Å². The molecule has 0 rings (SSSR count). The molecule has 0 aromatic carbocycles. The van der Waals surface area contributed by atoms with E-state index in [0.717, 1.165) is 0 Å². The molecule has 0 aromatic heterocycles. The minimum absolute atomic E-state index is 0.116. The molecule has 0 bridgehead atoms. The Morgan fingerprint density at radius 2 is 0.909 bits per heavy atom. The molecule has 198 valence electrons. The van der Waals surface area contributed by atoms with Gasteiger partial charge in [0.05, 0.1) is 0 Å². The summed E-state index contributed by atoms with van der Waals surface area (Å²) in [5, 5.41) is -6.69. The summed E-state index contributed by atoms with van der Waals surface area (Å²) in [5.41, 5.74) is 0. The summed E-state index contributed by atoms with van der Waals surface area (Å²) in [6, 6.07) is 0. The van der Waals surface area contributed by atoms with Crippen molar-refractivity contribution in [1.82, 2.24) is 4.90 Å². The first-order valence-corrected chi connectivity index (χ1v) is 9.44. The maximum Gasteiger partial charge on any atom is 0.393 e. The molecule has 0 aliphatic heterocycles. The van der Waals surface area contributed by atoms with E-state index in [1.54, 1.807) is 0 Å². The first kappa shape index (κ1) is 31.8. The van der Waals surface area contributed by atoms with E-state index in [4.69, 9.17) is 0 Å². The van der Waals surface area contributed by atoms with Gasteiger partial charge in [0.25, 0.3) is 5.91 Å². The van der Waals surface area contributed by atoms with Crippen molar-refractivity contribution in [2.75, 3.05) is 13.1 Å². The molecule has 1 amide bonds. The van der Waals surface area contributed by atoms with Crippen LogP contribution in [0.15, 0.2) is 0 Å². The SMILES string of the molecule is CCCCN(CCCC)C(=O)C(F)(F)C(F)(F)C(F)(F)C(F)(F)C(F)(F)C(F)(F)C(F)(F)Cl. The minimum Gasteiger partial charge on any atom is -0.337 e. The highest BCUT2D eigenvalue weighted by Crippen LogP contribution is 2.62. The van der Waals surface area contributed by atoms with E-state index in [9.17, 15) is 66.3 Å². The monoisotopic (exact) mass is 541 g/mol. The van der Waals surface area contributed by atoms with Gasteiger partial charge in [0.2, 0.25) is 0 Å². The van der Waals surface area contributed by atoms with Gasteiger partial charge in [-0.25, -0.2) is 0 Å². The van der Waals surface area contributed by atoms with Gasteiger partial charge in [-0.05, 0) is 24.4 Å². The number of nitrogens with zero attached hydrogens (tertiary/aromatic N) is 1. The third-order valence-electron chi connectivity index (χ3n) is 4.45. The molecule has 0 heterocycles. The van der Waals surface area contributed by atoms with Crippen LogP contribution in [-0.2, 0) is 4.79 Å². The number of halogens is 15. The van der Waals surface area contributed by atoms with Crippen molar-refractivity contribution in [3.63, 3.8) is 0 Å². The third-order valence-corrected chi connectivity index (χ3v) is 4.68. The molecule has 0 aliphatic rings. The van der Waals surface area contributed by atoms with E-state index in [1.165, 1.54) is 13.8 Å². The predicted octanol–water partition coefficient (Wildman–Crippen LogP) is 7.06. The highest BCUT2D eigenvalue weighted by molar-refractivity contribution is 6.22. The molecule has 0 aliphatic carbocycles. The fourth-order valence-electron chi connectivity index (χ4n) is 2.31. The van der Waals surface area contributed by atoms with Gasteiger partial charge in [0.15, 0.2) is 0 Å². The summed E-state index contributed by atoms with van der Waals surface area (Å²) >= 11 is 3.52. The quantitative estimate of drug-likeness (QED) is 0.181. The summed E-state index contributed by atoms with van der Waals surface area (Å²) in [6.45, 7) is 1.35. The Morgan fingerprint density at radius 1 is 0.606 bits per heavy atom. The van der Waals surface area contributed by atoms with Crippen LogP contribution in [0, 0.1) is 0 Å². The van der Waals surface area contributed by atoms with E-state index in [2.05, 4.69) is 11.6 Å². The second-order valence-corrected chi connectivity index (χ2v) is 7.42. The zero-order chi connectivity index (χ0) is 26.9. The Morgan fingerprint density at radius 3 is 1.21 bits per heavy atom. The Bertz CT molecular complexity index is 669. The maximum atomic E-state index is 14.1. The first-order valence-electron chi connectivity index (χ1n) is 9.06. The number of rotatable bonds is 13. The number of hydrogen-bond acceptors (Lipinski definition) is 1. The highest BCUT2D eigenvalue weighted by Gasteiger charge is 2.93. The van der Waals surface area contributed by atoms with E-state index >= 15 is 0 Å². The smallest absolute Gasteiger partial charge is 0.337 e. The Labute approximate surface area is 183 Å². The van der Waals surface area contributed by atoms with Gasteiger partial charge >= 0.3 is 40.9 Å². The van der Waals surface area contributed by atoms with Crippen molar-refractivity contribution in [2.45, 2.75) is 80.4 Å². The summed E-state index contributed by atoms with van der Waals surface area (Å²) in [7, 11) is 0. The Hall–Kier alpha value is -1.22. The van der Waals surface area contributed by atoms with Gasteiger partial charge in [-0.2, -0.15) is 61.5 Å². The normalized spacial score (nSPS) is 15.1. The number of hydrogen-bond donors (Lipinski definition) is 0. The highest BCUT2D eigenvalue weighted by atomic mass is 35.5. The lowest BCUT2D eigenvalue weighted by molar-refractivity contribution is -0.432. The van der Waals surface area contributed by atoms with E-state index < -0.39 is 59.9 Å². The molecule has 0 radical (unpaired) electrons. The molecule has 0 aromatic rings. The Kier molecular flexibility index (Phi) is 9.44. The molecule has 0 atom stereocenters. The van der Waals surface area contributed by atoms with Crippen LogP contribution in [0.5, 0.6) is 0 Å². The van der Waals surface area contributed by atoms with Gasteiger partial charge in [0.1, 0.15) is 0 Å². The predicted molar refractivity (Wildman–Crippen MR) is 86.9 cm³/mol. The van der Waals surface area contributed by atoms with E-state index in [1.807, 2.05) is 0 Å². The zero-order valence-corrected chi connectivity index (χ0v) is 17.5. The number of alkyl halides is 15. The van der Waals surface area contributed by atoms with Crippen molar-refractivity contribution >= 4 is 17.5 Å². The fourth-order valence-corrected chi connectivity index (χ4v) is 2.43. The lowest BCUT2D eigenvalue weighted by Crippen LogP contribution is -2.74. The summed E-state index contributed by atoms with van der Waals surface area (Å²) in [5.74, 6) is -49.8. The van der Waals surface area contributed by atoms with Gasteiger partial charge in [-0.15, -0.1) is 0 Å². The summed E-state index contributed by atoms with van der Waals surface area (Å²) in [6.07, 6.45) is -0.00238. The fraction of sp³-hybridized carbons (Fsp3) is 0.938. The standard InChI is InChI=1S/C16H18ClF14NO/c1-3-5-7-32(8-6-4-2)9(33)10(18,19)11(20,21)12(22,23)13(24,25)14(26,27)15(28,29)16(17,30)31/h3-8H2,1-2H3. The van der Waals surface area contributed by atoms with Crippen molar-refractivity contribution in [3.05, 3.63) is 0 Å². The minimum atomic E-state index is -8.24.